The highest BCUT2D eigenvalue weighted by Crippen LogP contribution is 2.26. The number of para-hydroxylation sites is 2. The van der Waals surface area contributed by atoms with E-state index in [9.17, 15) is 4.79 Å². The number of hydrogen-bond acceptors (Lipinski definition) is 3. The Labute approximate surface area is 180 Å². The number of fused-ring (bicyclic) bond motifs is 2. The average Bonchev–Trinajstić information content (AvgIpc) is 3.33. The number of aryl methyl sites for hydroxylation is 2. The second kappa shape index (κ2) is 7.76. The van der Waals surface area contributed by atoms with Crippen molar-refractivity contribution in [2.45, 2.75) is 19.4 Å². The minimum Gasteiger partial charge on any atom is -0.464 e. The van der Waals surface area contributed by atoms with Gasteiger partial charge in [0.2, 0.25) is 5.91 Å². The minimum absolute atomic E-state index is 0.0795. The van der Waals surface area contributed by atoms with Gasteiger partial charge in [-0.3, -0.25) is 4.79 Å². The summed E-state index contributed by atoms with van der Waals surface area (Å²) in [7, 11) is 1.98. The van der Waals surface area contributed by atoms with Gasteiger partial charge in [-0.2, -0.15) is 0 Å². The number of imidazole rings is 1. The highest BCUT2D eigenvalue weighted by molar-refractivity contribution is 5.88. The van der Waals surface area contributed by atoms with Crippen molar-refractivity contribution in [2.75, 3.05) is 0 Å². The van der Waals surface area contributed by atoms with Crippen LogP contribution in [0.2, 0.25) is 0 Å². The molecule has 154 valence electrons. The highest BCUT2D eigenvalue weighted by atomic mass is 16.3. The summed E-state index contributed by atoms with van der Waals surface area (Å²) in [4.78, 5) is 17.9. The largest absolute Gasteiger partial charge is 0.464 e. The van der Waals surface area contributed by atoms with Gasteiger partial charge in [0.15, 0.2) is 0 Å². The lowest BCUT2D eigenvalue weighted by Gasteiger charge is -2.19. The van der Waals surface area contributed by atoms with Crippen LogP contribution in [0.4, 0.5) is 0 Å². The molecule has 5 nitrogen and oxygen atoms in total. The summed E-state index contributed by atoms with van der Waals surface area (Å²) in [5.74, 6) is 0.720. The van der Waals surface area contributed by atoms with Gasteiger partial charge in [0.05, 0.1) is 23.7 Å². The molecule has 5 aromatic rings. The predicted octanol–water partition coefficient (Wildman–Crippen LogP) is 5.08. The third-order valence-electron chi connectivity index (χ3n) is 5.68. The molecule has 1 amide bonds. The van der Waals surface area contributed by atoms with Crippen LogP contribution in [0.15, 0.2) is 83.5 Å². The maximum atomic E-state index is 13.1. The molecule has 0 radical (unpaired) electrons. The number of benzene rings is 3. The predicted molar refractivity (Wildman–Crippen MR) is 122 cm³/mol. The van der Waals surface area contributed by atoms with E-state index in [0.717, 1.165) is 44.5 Å². The van der Waals surface area contributed by atoms with Crippen LogP contribution in [0, 0.1) is 6.92 Å². The topological polar surface area (TPSA) is 60.1 Å². The van der Waals surface area contributed by atoms with Crippen molar-refractivity contribution < 1.29 is 9.21 Å². The molecule has 0 aliphatic rings. The second-order valence-corrected chi connectivity index (χ2v) is 7.87. The fraction of sp³-hybridized carbons (Fsp3) is 0.154. The zero-order valence-corrected chi connectivity index (χ0v) is 17.5. The molecule has 31 heavy (non-hydrogen) atoms. The smallest absolute Gasteiger partial charge is 0.225 e. The van der Waals surface area contributed by atoms with Crippen molar-refractivity contribution in [3.05, 3.63) is 102 Å². The molecule has 2 aromatic heterocycles. The van der Waals surface area contributed by atoms with Crippen molar-refractivity contribution in [3.63, 3.8) is 0 Å². The highest BCUT2D eigenvalue weighted by Gasteiger charge is 2.23. The number of hydrogen-bond donors (Lipinski definition) is 1. The number of amides is 1. The maximum Gasteiger partial charge on any atom is 0.225 e. The van der Waals surface area contributed by atoms with Gasteiger partial charge in [-0.05, 0) is 36.2 Å². The van der Waals surface area contributed by atoms with E-state index in [0.29, 0.717) is 0 Å². The lowest BCUT2D eigenvalue weighted by atomic mass is 10.0. The molecule has 0 aliphatic heterocycles. The normalized spacial score (nSPS) is 12.3. The van der Waals surface area contributed by atoms with Crippen molar-refractivity contribution in [2.24, 2.45) is 7.05 Å². The van der Waals surface area contributed by atoms with Gasteiger partial charge in [-0.15, -0.1) is 0 Å². The van der Waals surface area contributed by atoms with Crippen LogP contribution >= 0.6 is 0 Å². The summed E-state index contributed by atoms with van der Waals surface area (Å²) in [6.07, 6.45) is 1.92. The van der Waals surface area contributed by atoms with Gasteiger partial charge in [-0.1, -0.05) is 54.6 Å². The van der Waals surface area contributed by atoms with Gasteiger partial charge in [0, 0.05) is 18.0 Å². The molecule has 1 unspecified atom stereocenters. The molecule has 0 saturated carbocycles. The lowest BCUT2D eigenvalue weighted by Crippen LogP contribution is -2.32. The number of nitrogens with zero attached hydrogens (tertiary/aromatic N) is 2. The molecule has 0 saturated heterocycles. The molecule has 0 bridgehead atoms. The molecule has 5 rings (SSSR count). The molecular weight excluding hydrogens is 386 g/mol. The molecule has 2 heterocycles. The van der Waals surface area contributed by atoms with Gasteiger partial charge in [0.1, 0.15) is 17.4 Å². The van der Waals surface area contributed by atoms with E-state index in [4.69, 9.17) is 9.40 Å². The Balaban J connectivity index is 1.48. The summed E-state index contributed by atoms with van der Waals surface area (Å²) in [6.45, 7) is 2.02. The summed E-state index contributed by atoms with van der Waals surface area (Å²) in [5.41, 5.74) is 5.74. The van der Waals surface area contributed by atoms with Crippen LogP contribution in [0.3, 0.4) is 0 Å². The first-order valence-electron chi connectivity index (χ1n) is 10.3. The first kappa shape index (κ1) is 19.1. The summed E-state index contributed by atoms with van der Waals surface area (Å²) >= 11 is 0. The van der Waals surface area contributed by atoms with E-state index in [2.05, 4.69) is 5.32 Å². The number of nitrogens with one attached hydrogen (secondary N) is 1. The third kappa shape index (κ3) is 3.59. The van der Waals surface area contributed by atoms with E-state index < -0.39 is 0 Å². The molecule has 0 spiro atoms. The molecule has 0 fully saturated rings. The summed E-state index contributed by atoms with van der Waals surface area (Å²) in [6, 6.07) is 23.6. The van der Waals surface area contributed by atoms with Gasteiger partial charge >= 0.3 is 0 Å². The van der Waals surface area contributed by atoms with Crippen molar-refractivity contribution in [1.82, 2.24) is 14.9 Å². The fourth-order valence-electron chi connectivity index (χ4n) is 4.08. The first-order chi connectivity index (χ1) is 15.1. The van der Waals surface area contributed by atoms with Crippen LogP contribution in [0.25, 0.3) is 22.0 Å². The van der Waals surface area contributed by atoms with Gasteiger partial charge in [-0.25, -0.2) is 4.98 Å². The summed E-state index contributed by atoms with van der Waals surface area (Å²) < 4.78 is 7.71. The number of aromatic nitrogens is 2. The van der Waals surface area contributed by atoms with E-state index in [1.807, 2.05) is 91.3 Å². The number of carbonyl (C=O) groups excluding carboxylic acids is 1. The van der Waals surface area contributed by atoms with Crippen molar-refractivity contribution in [3.8, 4) is 0 Å². The molecular formula is C26H23N3O2. The SMILES string of the molecule is Cc1ccc2c(CC(=O)NC(c3ccccc3)c3nc4ccccc4n3C)coc2c1. The summed E-state index contributed by atoms with van der Waals surface area (Å²) in [5, 5.41) is 4.17. The van der Waals surface area contributed by atoms with Crippen molar-refractivity contribution in [1.29, 1.82) is 0 Å². The fourth-order valence-corrected chi connectivity index (χ4v) is 4.08. The van der Waals surface area contributed by atoms with Crippen LogP contribution in [0.5, 0.6) is 0 Å². The molecule has 1 N–H and O–H groups in total. The quantitative estimate of drug-likeness (QED) is 0.441. The Kier molecular flexibility index (Phi) is 4.79. The van der Waals surface area contributed by atoms with Crippen LogP contribution in [-0.2, 0) is 18.3 Å². The Morgan fingerprint density at radius 1 is 1.06 bits per heavy atom. The molecule has 5 heteroatoms. The Morgan fingerprint density at radius 2 is 1.84 bits per heavy atom. The van der Waals surface area contributed by atoms with Crippen molar-refractivity contribution >= 4 is 27.9 Å². The Hall–Kier alpha value is -3.86. The van der Waals surface area contributed by atoms with Gasteiger partial charge in [0.25, 0.3) is 0 Å². The number of rotatable bonds is 5. The molecule has 3 aromatic carbocycles. The lowest BCUT2D eigenvalue weighted by molar-refractivity contribution is -0.121. The van der Waals surface area contributed by atoms with Gasteiger partial charge < -0.3 is 14.3 Å². The Bertz CT molecular complexity index is 1380. The molecule has 0 aliphatic carbocycles. The first-order valence-corrected chi connectivity index (χ1v) is 10.3. The van der Waals surface area contributed by atoms with Crippen LogP contribution in [-0.4, -0.2) is 15.5 Å². The minimum atomic E-state index is -0.355. The van der Waals surface area contributed by atoms with E-state index in [-0.39, 0.29) is 18.4 Å². The second-order valence-electron chi connectivity index (χ2n) is 7.87. The number of furan rings is 1. The maximum absolute atomic E-state index is 13.1. The van der Waals surface area contributed by atoms with E-state index >= 15 is 0 Å². The third-order valence-corrected chi connectivity index (χ3v) is 5.68. The van der Waals surface area contributed by atoms with Crippen LogP contribution in [0.1, 0.15) is 28.6 Å². The standard InChI is InChI=1S/C26H23N3O2/c1-17-12-13-20-19(16-31-23(20)14-17)15-24(30)28-25(18-8-4-3-5-9-18)26-27-21-10-6-7-11-22(21)29(26)2/h3-14,16,25H,15H2,1-2H3,(H,28,30). The Morgan fingerprint density at radius 3 is 2.65 bits per heavy atom. The van der Waals surface area contributed by atoms with Crippen LogP contribution < -0.4 is 5.32 Å². The van der Waals surface area contributed by atoms with E-state index in [1.54, 1.807) is 6.26 Å². The molecule has 1 atom stereocenters. The zero-order valence-electron chi connectivity index (χ0n) is 17.5. The van der Waals surface area contributed by atoms with E-state index in [1.165, 1.54) is 0 Å². The number of carbonyl (C=O) groups is 1. The average molecular weight is 409 g/mol. The zero-order chi connectivity index (χ0) is 21.4. The monoisotopic (exact) mass is 409 g/mol.